The highest BCUT2D eigenvalue weighted by atomic mass is 32.2. The van der Waals surface area contributed by atoms with Crippen molar-refractivity contribution in [3.05, 3.63) is 89.6 Å². The molecule has 0 amide bonds. The van der Waals surface area contributed by atoms with Gasteiger partial charge in [-0.25, -0.2) is 4.98 Å². The van der Waals surface area contributed by atoms with E-state index in [0.717, 1.165) is 31.4 Å². The Morgan fingerprint density at radius 3 is 1.38 bits per heavy atom. The third kappa shape index (κ3) is 17.6. The Kier molecular flexibility index (Phi) is 21.2. The minimum absolute atomic E-state index is 0.293. The number of hydrogen-bond donors (Lipinski definition) is 3. The standard InChI is InChI=1S/C49H72N6O4S2/c1-5-7-9-11-13-15-17-19-21-23-25-40-27-31-45(32-28-40)58-60(56)53-43-35-42(49-50-48-38-47(39(3)4)51-55(48)52-49)36-44(37-43)54-61(57)59-46-33-29-41(30-34-46)26-24-22-20-18-16-14-12-10-8-6-2/h27-39,51,53-54H,5-26H2,1-4H3. The van der Waals surface area contributed by atoms with E-state index in [1.54, 1.807) is 22.8 Å². The van der Waals surface area contributed by atoms with Crippen molar-refractivity contribution in [2.45, 2.75) is 175 Å². The highest BCUT2D eigenvalue weighted by molar-refractivity contribution is 7.82. The fourth-order valence-electron chi connectivity index (χ4n) is 7.55. The maximum atomic E-state index is 13.3. The van der Waals surface area contributed by atoms with Crippen molar-refractivity contribution in [3.8, 4) is 22.9 Å². The third-order valence-corrected chi connectivity index (χ3v) is 12.7. The number of H-pyrrole nitrogens is 1. The highest BCUT2D eigenvalue weighted by Gasteiger charge is 2.15. The second kappa shape index (κ2) is 27.0. The van der Waals surface area contributed by atoms with Crippen LogP contribution in [0.5, 0.6) is 11.5 Å². The normalized spacial score (nSPS) is 12.5. The Labute approximate surface area is 371 Å². The number of benzene rings is 3. The molecule has 61 heavy (non-hydrogen) atoms. The van der Waals surface area contributed by atoms with Crippen molar-refractivity contribution >= 4 is 39.6 Å². The molecular weight excluding hydrogens is 801 g/mol. The lowest BCUT2D eigenvalue weighted by Crippen LogP contribution is -2.13. The lowest BCUT2D eigenvalue weighted by atomic mass is 10.0. The van der Waals surface area contributed by atoms with E-state index in [2.05, 4.69) is 47.3 Å². The van der Waals surface area contributed by atoms with Gasteiger partial charge in [0, 0.05) is 17.3 Å². The van der Waals surface area contributed by atoms with E-state index in [4.69, 9.17) is 13.4 Å². The van der Waals surface area contributed by atoms with E-state index in [-0.39, 0.29) is 0 Å². The predicted octanol–water partition coefficient (Wildman–Crippen LogP) is 13.9. The van der Waals surface area contributed by atoms with Crippen molar-refractivity contribution in [2.75, 3.05) is 9.44 Å². The van der Waals surface area contributed by atoms with Crippen LogP contribution in [0.3, 0.4) is 0 Å². The van der Waals surface area contributed by atoms with Gasteiger partial charge < -0.3 is 8.37 Å². The second-order valence-corrected chi connectivity index (χ2v) is 18.5. The van der Waals surface area contributed by atoms with Gasteiger partial charge in [0.2, 0.25) is 0 Å². The first kappa shape index (κ1) is 47.9. The molecule has 0 aliphatic rings. The van der Waals surface area contributed by atoms with Crippen LogP contribution in [0.2, 0.25) is 0 Å². The van der Waals surface area contributed by atoms with Crippen LogP contribution in [-0.2, 0) is 35.4 Å². The zero-order valence-corrected chi connectivity index (χ0v) is 39.0. The number of anilines is 2. The highest BCUT2D eigenvalue weighted by Crippen LogP contribution is 2.28. The van der Waals surface area contributed by atoms with Crippen molar-refractivity contribution in [2.24, 2.45) is 0 Å². The molecule has 0 radical (unpaired) electrons. The minimum Gasteiger partial charge on any atom is -0.385 e. The predicted molar refractivity (Wildman–Crippen MR) is 256 cm³/mol. The number of fused-ring (bicyclic) bond motifs is 1. The molecule has 0 saturated heterocycles. The minimum atomic E-state index is -1.92. The lowest BCUT2D eigenvalue weighted by molar-refractivity contribution is 0.556. The lowest BCUT2D eigenvalue weighted by Gasteiger charge is -2.12. The maximum absolute atomic E-state index is 13.3. The van der Waals surface area contributed by atoms with Gasteiger partial charge in [-0.1, -0.05) is 168 Å². The molecule has 0 spiro atoms. The summed E-state index contributed by atoms with van der Waals surface area (Å²) in [5.41, 5.74) is 5.74. The van der Waals surface area contributed by atoms with E-state index >= 15 is 0 Å². The average Bonchev–Trinajstić information content (AvgIpc) is 3.84. The van der Waals surface area contributed by atoms with E-state index < -0.39 is 22.5 Å². The van der Waals surface area contributed by atoms with E-state index in [1.165, 1.54) is 127 Å². The number of nitrogens with zero attached hydrogens (tertiary/aromatic N) is 3. The fourth-order valence-corrected chi connectivity index (χ4v) is 8.83. The van der Waals surface area contributed by atoms with Crippen LogP contribution in [-0.4, -0.2) is 28.2 Å². The van der Waals surface area contributed by atoms with Crippen molar-refractivity contribution < 1.29 is 16.8 Å². The van der Waals surface area contributed by atoms with Gasteiger partial charge in [-0.3, -0.25) is 14.5 Å². The van der Waals surface area contributed by atoms with Gasteiger partial charge in [0.25, 0.3) is 0 Å². The molecule has 0 bridgehead atoms. The Hall–Kier alpha value is -4.16. The number of aromatic nitrogens is 4. The van der Waals surface area contributed by atoms with E-state index in [9.17, 15) is 8.42 Å². The molecule has 10 nitrogen and oxygen atoms in total. The number of aryl methyl sites for hydroxylation is 2. The summed E-state index contributed by atoms with van der Waals surface area (Å²) < 4.78 is 45.7. The van der Waals surface area contributed by atoms with Gasteiger partial charge in [0.15, 0.2) is 11.5 Å². The van der Waals surface area contributed by atoms with Gasteiger partial charge in [-0.15, -0.1) is 5.10 Å². The number of nitrogens with one attached hydrogen (secondary N) is 3. The smallest absolute Gasteiger partial charge is 0.316 e. The van der Waals surface area contributed by atoms with Crippen LogP contribution in [0, 0.1) is 0 Å². The van der Waals surface area contributed by atoms with Gasteiger partial charge in [-0.2, -0.15) is 13.0 Å². The summed E-state index contributed by atoms with van der Waals surface area (Å²) in [5.74, 6) is 1.74. The molecule has 2 atom stereocenters. The summed E-state index contributed by atoms with van der Waals surface area (Å²) in [4.78, 5) is 4.73. The largest absolute Gasteiger partial charge is 0.385 e. The van der Waals surface area contributed by atoms with Crippen LogP contribution in [0.4, 0.5) is 11.4 Å². The van der Waals surface area contributed by atoms with Gasteiger partial charge in [-0.05, 0) is 85.2 Å². The Morgan fingerprint density at radius 2 is 0.984 bits per heavy atom. The molecule has 0 aliphatic heterocycles. The van der Waals surface area contributed by atoms with Gasteiger partial charge >= 0.3 is 22.5 Å². The molecule has 2 unspecified atom stereocenters. The van der Waals surface area contributed by atoms with Crippen molar-refractivity contribution in [1.29, 1.82) is 0 Å². The first-order valence-electron chi connectivity index (χ1n) is 23.3. The summed E-state index contributed by atoms with van der Waals surface area (Å²) in [5, 5.41) is 7.93. The molecule has 2 heterocycles. The Balaban J connectivity index is 1.13. The molecule has 5 aromatic rings. The number of rotatable bonds is 32. The summed E-state index contributed by atoms with van der Waals surface area (Å²) in [6.07, 6.45) is 28.3. The Bertz CT molecular complexity index is 1900. The zero-order valence-electron chi connectivity index (χ0n) is 37.4. The number of hydrogen-bond acceptors (Lipinski definition) is 6. The SMILES string of the molecule is CCCCCCCCCCCCc1ccc(OS(=O)Nc2cc(NS(=O)Oc3ccc(CCCCCCCCCCCC)cc3)cc(-c3nc4cc(C(C)C)[nH]n4n3)c2)cc1. The monoisotopic (exact) mass is 873 g/mol. The number of aromatic amines is 1. The molecular formula is C49H72N6O4S2. The molecule has 5 rings (SSSR count). The van der Waals surface area contributed by atoms with Crippen molar-refractivity contribution in [1.82, 2.24) is 19.8 Å². The molecule has 0 saturated carbocycles. The zero-order chi connectivity index (χ0) is 43.1. The molecule has 12 heteroatoms. The van der Waals surface area contributed by atoms with Crippen LogP contribution in [0.15, 0.2) is 72.8 Å². The van der Waals surface area contributed by atoms with E-state index in [0.29, 0.717) is 45.8 Å². The number of unbranched alkanes of at least 4 members (excludes halogenated alkanes) is 18. The van der Waals surface area contributed by atoms with Crippen LogP contribution in [0.25, 0.3) is 17.0 Å². The third-order valence-electron chi connectivity index (χ3n) is 11.2. The molecule has 0 aliphatic carbocycles. The summed E-state index contributed by atoms with van der Waals surface area (Å²) in [7, 11) is 0. The molecule has 334 valence electrons. The topological polar surface area (TPSA) is 123 Å². The maximum Gasteiger partial charge on any atom is 0.316 e. The molecule has 3 aromatic carbocycles. The van der Waals surface area contributed by atoms with Gasteiger partial charge in [0.05, 0.1) is 11.4 Å². The first-order valence-corrected chi connectivity index (χ1v) is 25.5. The summed E-state index contributed by atoms with van der Waals surface area (Å²) in [6, 6.07) is 22.9. The average molecular weight is 873 g/mol. The first-order chi connectivity index (χ1) is 29.8. The van der Waals surface area contributed by atoms with E-state index in [1.807, 2.05) is 54.6 Å². The van der Waals surface area contributed by atoms with Crippen LogP contribution >= 0.6 is 0 Å². The van der Waals surface area contributed by atoms with Crippen LogP contribution in [0.1, 0.15) is 179 Å². The summed E-state index contributed by atoms with van der Waals surface area (Å²) >= 11 is -3.84. The van der Waals surface area contributed by atoms with Crippen LogP contribution < -0.4 is 17.8 Å². The quantitative estimate of drug-likeness (QED) is 0.0370. The van der Waals surface area contributed by atoms with Gasteiger partial charge in [0.1, 0.15) is 11.5 Å². The van der Waals surface area contributed by atoms with Crippen molar-refractivity contribution in [3.63, 3.8) is 0 Å². The fraction of sp³-hybridized carbons (Fsp3) is 0.551. The summed E-state index contributed by atoms with van der Waals surface area (Å²) in [6.45, 7) is 8.73. The molecule has 2 aromatic heterocycles. The molecule has 3 N–H and O–H groups in total. The second-order valence-electron chi connectivity index (χ2n) is 16.9. The Morgan fingerprint density at radius 1 is 0.574 bits per heavy atom. The molecule has 0 fully saturated rings.